The molecule has 0 bridgehead atoms. The van der Waals surface area contributed by atoms with Gasteiger partial charge in [-0.15, -0.1) is 0 Å². The lowest BCUT2D eigenvalue weighted by atomic mass is 10.2. The summed E-state index contributed by atoms with van der Waals surface area (Å²) in [6, 6.07) is 0.875. The summed E-state index contributed by atoms with van der Waals surface area (Å²) in [4.78, 5) is 15.6. The van der Waals surface area contributed by atoms with Crippen molar-refractivity contribution in [2.45, 2.75) is 25.1 Å². The van der Waals surface area contributed by atoms with Crippen molar-refractivity contribution in [2.24, 2.45) is 0 Å². The summed E-state index contributed by atoms with van der Waals surface area (Å²) in [6.07, 6.45) is -2.06. The van der Waals surface area contributed by atoms with Crippen LogP contribution in [0.5, 0.6) is 0 Å². The van der Waals surface area contributed by atoms with Gasteiger partial charge in [-0.25, -0.2) is 9.78 Å². The molecule has 0 aromatic carbocycles. The number of aromatic carboxylic acids is 1. The highest BCUT2D eigenvalue weighted by atomic mass is 35.5. The number of alkyl halides is 3. The molecule has 1 aliphatic rings. The van der Waals surface area contributed by atoms with E-state index in [9.17, 15) is 18.0 Å². The standard InChI is InChI=1S/C11H10ClF3N2O2/c12-8-3-6(10(18)19)4-16-9(8)17(7-1-2-7)5-11(13,14)15/h3-4,7H,1-2,5H2,(H,18,19). The number of halogens is 4. The third-order valence-electron chi connectivity index (χ3n) is 2.68. The highest BCUT2D eigenvalue weighted by Gasteiger charge is 2.39. The Labute approximate surface area is 111 Å². The molecular formula is C11H10ClF3N2O2. The molecule has 1 fully saturated rings. The van der Waals surface area contributed by atoms with Crippen molar-refractivity contribution >= 4 is 23.4 Å². The number of carbonyl (C=O) groups is 1. The van der Waals surface area contributed by atoms with Crippen LogP contribution in [0.4, 0.5) is 19.0 Å². The van der Waals surface area contributed by atoms with Gasteiger partial charge in [-0.1, -0.05) is 11.6 Å². The van der Waals surface area contributed by atoms with Gasteiger partial charge in [0.2, 0.25) is 0 Å². The van der Waals surface area contributed by atoms with Crippen molar-refractivity contribution in [1.82, 2.24) is 4.98 Å². The van der Waals surface area contributed by atoms with Gasteiger partial charge in [-0.3, -0.25) is 0 Å². The maximum absolute atomic E-state index is 12.5. The number of carboxylic acids is 1. The summed E-state index contributed by atoms with van der Waals surface area (Å²) in [5.41, 5.74) is -0.156. The smallest absolute Gasteiger partial charge is 0.405 e. The lowest BCUT2D eigenvalue weighted by Crippen LogP contribution is -2.36. The Hall–Kier alpha value is -1.50. The van der Waals surface area contributed by atoms with Crippen LogP contribution in [0.2, 0.25) is 5.02 Å². The zero-order chi connectivity index (χ0) is 14.2. The van der Waals surface area contributed by atoms with E-state index in [1.807, 2.05) is 0 Å². The molecule has 0 atom stereocenters. The first kappa shape index (κ1) is 13.9. The van der Waals surface area contributed by atoms with Crippen molar-refractivity contribution in [3.8, 4) is 0 Å². The lowest BCUT2D eigenvalue weighted by Gasteiger charge is -2.25. The minimum absolute atomic E-state index is 0.0218. The van der Waals surface area contributed by atoms with Crippen LogP contribution in [-0.4, -0.2) is 34.8 Å². The molecule has 0 aliphatic heterocycles. The summed E-state index contributed by atoms with van der Waals surface area (Å²) in [7, 11) is 0. The van der Waals surface area contributed by atoms with Gasteiger partial charge >= 0.3 is 12.1 Å². The van der Waals surface area contributed by atoms with Gasteiger partial charge in [0.15, 0.2) is 0 Å². The Morgan fingerprint density at radius 3 is 2.58 bits per heavy atom. The third-order valence-corrected chi connectivity index (χ3v) is 2.96. The van der Waals surface area contributed by atoms with E-state index in [1.54, 1.807) is 0 Å². The SMILES string of the molecule is O=C(O)c1cnc(N(CC(F)(F)F)C2CC2)c(Cl)c1. The fourth-order valence-corrected chi connectivity index (χ4v) is 1.99. The van der Waals surface area contributed by atoms with Crippen LogP contribution in [0, 0.1) is 0 Å². The Balaban J connectivity index is 2.29. The van der Waals surface area contributed by atoms with Crippen LogP contribution in [0.25, 0.3) is 0 Å². The van der Waals surface area contributed by atoms with Gasteiger partial charge in [0.05, 0.1) is 10.6 Å². The molecule has 1 heterocycles. The average molecular weight is 295 g/mol. The Bertz CT molecular complexity index is 503. The van der Waals surface area contributed by atoms with Crippen LogP contribution in [0.1, 0.15) is 23.2 Å². The predicted octanol–water partition coefficient (Wildman–Crippen LogP) is 2.96. The fourth-order valence-electron chi connectivity index (χ4n) is 1.72. The largest absolute Gasteiger partial charge is 0.478 e. The predicted molar refractivity (Wildman–Crippen MR) is 62.6 cm³/mol. The lowest BCUT2D eigenvalue weighted by molar-refractivity contribution is -0.120. The first-order chi connectivity index (χ1) is 8.78. The summed E-state index contributed by atoms with van der Waals surface area (Å²) < 4.78 is 37.5. The Morgan fingerprint density at radius 2 is 2.16 bits per heavy atom. The summed E-state index contributed by atoms with van der Waals surface area (Å²) in [6.45, 7) is -1.14. The van der Waals surface area contributed by atoms with E-state index in [0.717, 1.165) is 17.2 Å². The van der Waals surface area contributed by atoms with Gasteiger partial charge < -0.3 is 10.0 Å². The molecule has 1 saturated carbocycles. The molecule has 2 rings (SSSR count). The number of pyridine rings is 1. The second-order valence-corrected chi connectivity index (χ2v) is 4.72. The maximum atomic E-state index is 12.5. The average Bonchev–Trinajstić information content (AvgIpc) is 3.08. The van der Waals surface area contributed by atoms with Gasteiger partial charge in [-0.2, -0.15) is 13.2 Å². The number of rotatable bonds is 4. The number of hydrogen-bond acceptors (Lipinski definition) is 3. The Morgan fingerprint density at radius 1 is 1.53 bits per heavy atom. The van der Waals surface area contributed by atoms with Crippen molar-refractivity contribution in [1.29, 1.82) is 0 Å². The molecule has 19 heavy (non-hydrogen) atoms. The maximum Gasteiger partial charge on any atom is 0.405 e. The molecule has 1 aliphatic carbocycles. The van der Waals surface area contributed by atoms with Gasteiger partial charge in [-0.05, 0) is 18.9 Å². The van der Waals surface area contributed by atoms with E-state index in [4.69, 9.17) is 16.7 Å². The number of aromatic nitrogens is 1. The summed E-state index contributed by atoms with van der Waals surface area (Å²) in [5.74, 6) is -1.25. The van der Waals surface area contributed by atoms with E-state index in [2.05, 4.69) is 4.98 Å². The molecular weight excluding hydrogens is 285 g/mol. The second-order valence-electron chi connectivity index (χ2n) is 4.31. The highest BCUT2D eigenvalue weighted by Crippen LogP contribution is 2.36. The number of carboxylic acid groups (broad SMARTS) is 1. The minimum atomic E-state index is -4.36. The van der Waals surface area contributed by atoms with Gasteiger partial charge in [0.25, 0.3) is 0 Å². The molecule has 1 aromatic rings. The number of nitrogens with zero attached hydrogens (tertiary/aromatic N) is 2. The topological polar surface area (TPSA) is 53.4 Å². The van der Waals surface area contributed by atoms with Crippen LogP contribution < -0.4 is 4.90 Å². The van der Waals surface area contributed by atoms with Crippen LogP contribution in [-0.2, 0) is 0 Å². The van der Waals surface area contributed by atoms with E-state index in [0.29, 0.717) is 12.8 Å². The monoisotopic (exact) mass is 294 g/mol. The zero-order valence-corrected chi connectivity index (χ0v) is 10.4. The van der Waals surface area contributed by atoms with E-state index in [1.165, 1.54) is 0 Å². The molecule has 0 amide bonds. The molecule has 104 valence electrons. The van der Waals surface area contributed by atoms with Crippen molar-refractivity contribution in [3.05, 3.63) is 22.8 Å². The van der Waals surface area contributed by atoms with Gasteiger partial charge in [0.1, 0.15) is 12.4 Å². The van der Waals surface area contributed by atoms with Crippen LogP contribution >= 0.6 is 11.6 Å². The molecule has 1 N–H and O–H groups in total. The normalized spacial score (nSPS) is 15.4. The zero-order valence-electron chi connectivity index (χ0n) is 9.62. The quantitative estimate of drug-likeness (QED) is 0.927. The second kappa shape index (κ2) is 4.88. The van der Waals surface area contributed by atoms with E-state index < -0.39 is 18.7 Å². The molecule has 1 aromatic heterocycles. The molecule has 0 saturated heterocycles. The molecule has 0 radical (unpaired) electrons. The van der Waals surface area contributed by atoms with E-state index >= 15 is 0 Å². The van der Waals surface area contributed by atoms with Crippen molar-refractivity contribution < 1.29 is 23.1 Å². The van der Waals surface area contributed by atoms with Gasteiger partial charge in [0, 0.05) is 12.2 Å². The molecule has 0 spiro atoms. The first-order valence-corrected chi connectivity index (χ1v) is 5.88. The van der Waals surface area contributed by atoms with E-state index in [-0.39, 0.29) is 22.4 Å². The molecule has 0 unspecified atom stereocenters. The molecule has 8 heteroatoms. The highest BCUT2D eigenvalue weighted by molar-refractivity contribution is 6.33. The summed E-state index contributed by atoms with van der Waals surface area (Å²) in [5, 5.41) is 8.67. The number of hydrogen-bond donors (Lipinski definition) is 1. The Kier molecular flexibility index (Phi) is 3.58. The van der Waals surface area contributed by atoms with Crippen LogP contribution in [0.15, 0.2) is 12.3 Å². The van der Waals surface area contributed by atoms with Crippen molar-refractivity contribution in [2.75, 3.05) is 11.4 Å². The third kappa shape index (κ3) is 3.50. The summed E-state index contributed by atoms with van der Waals surface area (Å²) >= 11 is 5.83. The minimum Gasteiger partial charge on any atom is -0.478 e. The number of anilines is 1. The first-order valence-electron chi connectivity index (χ1n) is 5.50. The molecule has 4 nitrogen and oxygen atoms in total. The van der Waals surface area contributed by atoms with Crippen molar-refractivity contribution in [3.63, 3.8) is 0 Å². The van der Waals surface area contributed by atoms with Crippen LogP contribution in [0.3, 0.4) is 0 Å². The fraction of sp³-hybridized carbons (Fsp3) is 0.455.